The summed E-state index contributed by atoms with van der Waals surface area (Å²) in [5, 5.41) is 2.82. The first-order valence-electron chi connectivity index (χ1n) is 3.77. The van der Waals surface area contributed by atoms with E-state index in [9.17, 15) is 4.79 Å². The molecule has 0 fully saturated rings. The molecule has 0 spiro atoms. The Morgan fingerprint density at radius 3 is 3.23 bits per heavy atom. The van der Waals surface area contributed by atoms with Crippen LogP contribution in [-0.2, 0) is 5.88 Å². The quantitative estimate of drug-likeness (QED) is 0.651. The van der Waals surface area contributed by atoms with Crippen LogP contribution in [0.2, 0.25) is 0 Å². The molecular formula is C7H8ClN4O+. The van der Waals surface area contributed by atoms with E-state index in [0.29, 0.717) is 11.5 Å². The van der Waals surface area contributed by atoms with Gasteiger partial charge in [-0.25, -0.2) is 4.98 Å². The monoisotopic (exact) mass is 199 g/mol. The second kappa shape index (κ2) is 2.85. The molecule has 13 heavy (non-hydrogen) atoms. The zero-order valence-corrected chi connectivity index (χ0v) is 7.72. The Kier molecular flexibility index (Phi) is 1.81. The number of nitrogens with one attached hydrogen (secondary N) is 2. The maximum atomic E-state index is 11.4. The number of hydrogen-bond acceptors (Lipinski definition) is 2. The number of nitrogens with zero attached hydrogens (tertiary/aromatic N) is 2. The van der Waals surface area contributed by atoms with Crippen molar-refractivity contribution in [3.8, 4) is 0 Å². The van der Waals surface area contributed by atoms with Gasteiger partial charge in [0.25, 0.3) is 0 Å². The molecule has 2 rings (SSSR count). The van der Waals surface area contributed by atoms with Crippen molar-refractivity contribution >= 4 is 17.4 Å². The Balaban J connectivity index is 2.83. The third kappa shape index (κ3) is 1.31. The lowest BCUT2D eigenvalue weighted by Gasteiger charge is -1.86. The summed E-state index contributed by atoms with van der Waals surface area (Å²) in [5.41, 5.74) is 0.409. The van der Waals surface area contributed by atoms with E-state index < -0.39 is 0 Å². The van der Waals surface area contributed by atoms with Crippen LogP contribution in [0.1, 0.15) is 11.5 Å². The molecule has 5 nitrogen and oxygen atoms in total. The van der Waals surface area contributed by atoms with Crippen LogP contribution in [0, 0.1) is 6.92 Å². The molecule has 0 saturated carbocycles. The summed E-state index contributed by atoms with van der Waals surface area (Å²) < 4.78 is 1.34. The van der Waals surface area contributed by atoms with Gasteiger partial charge in [0.05, 0.1) is 11.9 Å². The highest BCUT2D eigenvalue weighted by molar-refractivity contribution is 6.16. The Bertz CT molecular complexity index is 501. The van der Waals surface area contributed by atoms with E-state index in [0.717, 1.165) is 5.82 Å². The maximum Gasteiger partial charge on any atom is 0.385 e. The van der Waals surface area contributed by atoms with E-state index in [1.165, 1.54) is 10.6 Å². The van der Waals surface area contributed by atoms with Gasteiger partial charge in [-0.3, -0.25) is 4.79 Å². The molecule has 0 aliphatic rings. The summed E-state index contributed by atoms with van der Waals surface area (Å²) in [4.78, 5) is 18.4. The lowest BCUT2D eigenvalue weighted by Crippen LogP contribution is -2.17. The first-order chi connectivity index (χ1) is 6.20. The zero-order valence-electron chi connectivity index (χ0n) is 6.97. The van der Waals surface area contributed by atoms with E-state index in [2.05, 4.69) is 15.1 Å². The summed E-state index contributed by atoms with van der Waals surface area (Å²) in [6.07, 6.45) is 0. The maximum absolute atomic E-state index is 11.4. The molecule has 0 bridgehead atoms. The summed E-state index contributed by atoms with van der Waals surface area (Å²) in [6.45, 7) is 1.81. The summed E-state index contributed by atoms with van der Waals surface area (Å²) >= 11 is 5.57. The molecule has 0 aliphatic carbocycles. The number of alkyl halides is 1. The van der Waals surface area contributed by atoms with Gasteiger partial charge in [-0.1, -0.05) is 4.52 Å². The Hall–Kier alpha value is -1.36. The highest BCUT2D eigenvalue weighted by Gasteiger charge is 2.11. The molecule has 2 aromatic heterocycles. The van der Waals surface area contributed by atoms with E-state index in [-0.39, 0.29) is 11.4 Å². The molecule has 0 radical (unpaired) electrons. The van der Waals surface area contributed by atoms with Crippen LogP contribution in [0.15, 0.2) is 10.9 Å². The van der Waals surface area contributed by atoms with E-state index >= 15 is 0 Å². The SMILES string of the molecule is Cc1[nH]n2c(=O)cc(CCl)nc2[nH+]1. The highest BCUT2D eigenvalue weighted by atomic mass is 35.5. The first-order valence-corrected chi connectivity index (χ1v) is 4.30. The van der Waals surface area contributed by atoms with Gasteiger partial charge < -0.3 is 0 Å². The molecule has 0 unspecified atom stereocenters. The minimum Gasteiger partial charge on any atom is -0.252 e. The fraction of sp³-hybridized carbons (Fsp3) is 0.286. The number of aryl methyl sites for hydroxylation is 1. The molecule has 2 N–H and O–H groups in total. The molecular weight excluding hydrogens is 192 g/mol. The van der Waals surface area contributed by atoms with Gasteiger partial charge in [0.15, 0.2) is 5.82 Å². The van der Waals surface area contributed by atoms with Gasteiger partial charge in [0.1, 0.15) is 5.69 Å². The minimum absolute atomic E-state index is 0.162. The number of aromatic nitrogens is 4. The summed E-state index contributed by atoms with van der Waals surface area (Å²) in [7, 11) is 0. The van der Waals surface area contributed by atoms with Gasteiger partial charge in [-0.15, -0.1) is 16.6 Å². The van der Waals surface area contributed by atoms with E-state index in [4.69, 9.17) is 11.6 Å². The average molecular weight is 200 g/mol. The zero-order chi connectivity index (χ0) is 9.42. The Morgan fingerprint density at radius 1 is 1.77 bits per heavy atom. The van der Waals surface area contributed by atoms with Crippen molar-refractivity contribution in [2.75, 3.05) is 0 Å². The van der Waals surface area contributed by atoms with Gasteiger partial charge in [0, 0.05) is 6.92 Å². The molecule has 2 aromatic rings. The first kappa shape index (κ1) is 8.25. The Labute approximate surface area is 78.4 Å². The van der Waals surface area contributed by atoms with Crippen molar-refractivity contribution in [3.05, 3.63) is 27.9 Å². The van der Waals surface area contributed by atoms with E-state index in [1.807, 2.05) is 6.92 Å². The fourth-order valence-corrected chi connectivity index (χ4v) is 1.29. The molecule has 0 amide bonds. The third-order valence-electron chi connectivity index (χ3n) is 1.69. The highest BCUT2D eigenvalue weighted by Crippen LogP contribution is 1.96. The third-order valence-corrected chi connectivity index (χ3v) is 1.96. The van der Waals surface area contributed by atoms with Crippen LogP contribution in [0.5, 0.6) is 0 Å². The largest absolute Gasteiger partial charge is 0.385 e. The normalized spacial score (nSPS) is 10.9. The van der Waals surface area contributed by atoms with Crippen molar-refractivity contribution in [3.63, 3.8) is 0 Å². The topological polar surface area (TPSA) is 64.3 Å². The van der Waals surface area contributed by atoms with Crippen LogP contribution in [0.4, 0.5) is 0 Å². The number of H-pyrrole nitrogens is 2. The van der Waals surface area contributed by atoms with Crippen molar-refractivity contribution in [2.24, 2.45) is 0 Å². The summed E-state index contributed by atoms with van der Waals surface area (Å²) in [5.74, 6) is 1.50. The molecule has 68 valence electrons. The van der Waals surface area contributed by atoms with Gasteiger partial charge in [0.2, 0.25) is 0 Å². The molecule has 0 aromatic carbocycles. The molecule has 2 heterocycles. The number of aromatic amines is 2. The van der Waals surface area contributed by atoms with Crippen LogP contribution in [0.25, 0.3) is 5.78 Å². The molecule has 0 atom stereocenters. The number of hydrogen-bond donors (Lipinski definition) is 1. The number of fused-ring (bicyclic) bond motifs is 1. The fourth-order valence-electron chi connectivity index (χ4n) is 1.15. The van der Waals surface area contributed by atoms with Crippen LogP contribution in [0.3, 0.4) is 0 Å². The van der Waals surface area contributed by atoms with Crippen molar-refractivity contribution < 1.29 is 4.98 Å². The predicted octanol–water partition coefficient (Wildman–Crippen LogP) is -0.116. The smallest absolute Gasteiger partial charge is 0.252 e. The second-order valence-corrected chi connectivity index (χ2v) is 3.01. The van der Waals surface area contributed by atoms with Gasteiger partial charge in [-0.2, -0.15) is 5.10 Å². The number of halogens is 1. The average Bonchev–Trinajstić information content (AvgIpc) is 2.46. The van der Waals surface area contributed by atoms with Gasteiger partial charge in [-0.05, 0) is 0 Å². The van der Waals surface area contributed by atoms with Gasteiger partial charge >= 0.3 is 11.3 Å². The van der Waals surface area contributed by atoms with Crippen LogP contribution >= 0.6 is 11.6 Å². The standard InChI is InChI=1S/C7H7ClN4O/c1-4-9-7-10-5(3-8)2-6(13)12(7)11-4/h2H,3H2,1H3,(H,9,10,11)/p+1. The summed E-state index contributed by atoms with van der Waals surface area (Å²) in [6, 6.07) is 1.41. The molecule has 6 heteroatoms. The van der Waals surface area contributed by atoms with Crippen molar-refractivity contribution in [1.82, 2.24) is 14.6 Å². The molecule has 0 aliphatic heterocycles. The Morgan fingerprint density at radius 2 is 2.54 bits per heavy atom. The van der Waals surface area contributed by atoms with Crippen LogP contribution < -0.4 is 10.5 Å². The predicted molar refractivity (Wildman–Crippen MR) is 46.7 cm³/mol. The second-order valence-electron chi connectivity index (χ2n) is 2.74. The lowest BCUT2D eigenvalue weighted by atomic mass is 10.4. The molecule has 0 saturated heterocycles. The number of rotatable bonds is 1. The van der Waals surface area contributed by atoms with Crippen molar-refractivity contribution in [1.29, 1.82) is 0 Å². The van der Waals surface area contributed by atoms with Crippen molar-refractivity contribution in [2.45, 2.75) is 12.8 Å². The van der Waals surface area contributed by atoms with Crippen LogP contribution in [-0.4, -0.2) is 14.6 Å². The minimum atomic E-state index is -0.162. The lowest BCUT2D eigenvalue weighted by molar-refractivity contribution is -0.359. The van der Waals surface area contributed by atoms with E-state index in [1.54, 1.807) is 0 Å².